The van der Waals surface area contributed by atoms with Crippen LogP contribution in [0.15, 0.2) is 0 Å². The van der Waals surface area contributed by atoms with E-state index in [1.807, 2.05) is 6.92 Å². The molecule has 0 aromatic heterocycles. The van der Waals surface area contributed by atoms with E-state index in [0.717, 1.165) is 19.3 Å². The predicted molar refractivity (Wildman–Crippen MR) is 49.2 cm³/mol. The van der Waals surface area contributed by atoms with Gasteiger partial charge in [-0.2, -0.15) is 0 Å². The zero-order chi connectivity index (χ0) is 11.4. The number of rotatable bonds is 4. The Labute approximate surface area is 146 Å². The Bertz CT molecular complexity index is 258. The molecule has 0 spiro atoms. The molecule has 0 heterocycles. The van der Waals surface area contributed by atoms with Gasteiger partial charge in [-0.3, -0.25) is 0 Å². The second kappa shape index (κ2) is 9.82. The topological polar surface area (TPSA) is 80.3 Å². The van der Waals surface area contributed by atoms with Crippen LogP contribution in [0.4, 0.5) is 0 Å². The Hall–Kier alpha value is 0.940. The summed E-state index contributed by atoms with van der Waals surface area (Å²) in [5, 5.41) is 21.5. The first-order valence-electron chi connectivity index (χ1n) is 5.48. The van der Waals surface area contributed by atoms with Crippen molar-refractivity contribution in [1.82, 2.24) is 0 Å². The van der Waals surface area contributed by atoms with Crippen molar-refractivity contribution in [2.75, 3.05) is 0 Å². The Morgan fingerprint density at radius 1 is 1.06 bits per heavy atom. The number of carboxylic acids is 2. The van der Waals surface area contributed by atoms with Gasteiger partial charge in [0.1, 0.15) is 0 Å². The van der Waals surface area contributed by atoms with Gasteiger partial charge in [-0.25, -0.2) is 0 Å². The molecule has 0 amide bonds. The third-order valence-electron chi connectivity index (χ3n) is 3.26. The molecule has 1 aliphatic carbocycles. The Morgan fingerprint density at radius 2 is 1.59 bits per heavy atom. The quantitative estimate of drug-likeness (QED) is 0.469. The first-order chi connectivity index (χ1) is 7.06. The zero-order valence-electron chi connectivity index (χ0n) is 10.9. The van der Waals surface area contributed by atoms with E-state index >= 15 is 0 Å². The molecule has 17 heavy (non-hydrogen) atoms. The molecule has 0 aromatic carbocycles. The van der Waals surface area contributed by atoms with Crippen LogP contribution < -0.4 is 69.3 Å². The summed E-state index contributed by atoms with van der Waals surface area (Å²) in [4.78, 5) is 21.5. The van der Waals surface area contributed by atoms with Crippen LogP contribution in [-0.4, -0.2) is 11.9 Å². The summed E-state index contributed by atoms with van der Waals surface area (Å²) in [6.45, 7) is 2.04. The van der Waals surface area contributed by atoms with Crippen molar-refractivity contribution >= 4 is 11.9 Å². The Balaban J connectivity index is 0. The van der Waals surface area contributed by atoms with Crippen molar-refractivity contribution in [2.45, 2.75) is 39.0 Å². The third kappa shape index (κ3) is 6.08. The molecular weight excluding hydrogens is 242 g/mol. The van der Waals surface area contributed by atoms with Crippen LogP contribution in [0.5, 0.6) is 0 Å². The van der Waals surface area contributed by atoms with Crippen molar-refractivity contribution < 1.29 is 78.9 Å². The first kappa shape index (κ1) is 20.3. The minimum Gasteiger partial charge on any atom is -0.550 e. The van der Waals surface area contributed by atoms with E-state index in [1.54, 1.807) is 0 Å². The Morgan fingerprint density at radius 3 is 2.00 bits per heavy atom. The average Bonchev–Trinajstić information content (AvgIpc) is 2.17. The molecule has 3 unspecified atom stereocenters. The maximum Gasteiger partial charge on any atom is 1.00 e. The fraction of sp³-hybridized carbons (Fsp3) is 0.818. The first-order valence-corrected chi connectivity index (χ1v) is 5.48. The van der Waals surface area contributed by atoms with Gasteiger partial charge in [-0.1, -0.05) is 19.8 Å². The van der Waals surface area contributed by atoms with Crippen molar-refractivity contribution in [3.63, 3.8) is 0 Å². The molecule has 1 fully saturated rings. The van der Waals surface area contributed by atoms with Crippen LogP contribution in [0.3, 0.4) is 0 Å². The van der Waals surface area contributed by atoms with Crippen molar-refractivity contribution in [2.24, 2.45) is 17.8 Å². The maximum absolute atomic E-state index is 10.8. The van der Waals surface area contributed by atoms with Crippen molar-refractivity contribution in [3.05, 3.63) is 0 Å². The molecular formula is C11H16Na2O4. The van der Waals surface area contributed by atoms with E-state index in [1.165, 1.54) is 0 Å². The second-order valence-corrected chi connectivity index (χ2v) is 4.32. The fourth-order valence-electron chi connectivity index (χ4n) is 2.47. The van der Waals surface area contributed by atoms with Gasteiger partial charge in [0.25, 0.3) is 0 Å². The van der Waals surface area contributed by atoms with Crippen LogP contribution in [0.25, 0.3) is 0 Å². The molecule has 1 rings (SSSR count). The molecule has 1 saturated carbocycles. The molecule has 0 radical (unpaired) electrons. The Kier molecular flexibility index (Phi) is 11.7. The van der Waals surface area contributed by atoms with Crippen LogP contribution in [0, 0.1) is 17.8 Å². The predicted octanol–water partition coefficient (Wildman–Crippen LogP) is -6.67. The van der Waals surface area contributed by atoms with Crippen LogP contribution >= 0.6 is 0 Å². The smallest absolute Gasteiger partial charge is 0.550 e. The van der Waals surface area contributed by atoms with Gasteiger partial charge in [0.2, 0.25) is 0 Å². The van der Waals surface area contributed by atoms with E-state index in [-0.39, 0.29) is 59.1 Å². The van der Waals surface area contributed by atoms with Gasteiger partial charge in [0, 0.05) is 23.8 Å². The number of carboxylic acid groups (broad SMARTS) is 2. The fourth-order valence-corrected chi connectivity index (χ4v) is 2.47. The number of hydrogen-bond donors (Lipinski definition) is 0. The minimum atomic E-state index is -1.25. The largest absolute Gasteiger partial charge is 1.00 e. The summed E-state index contributed by atoms with van der Waals surface area (Å²) in [5.74, 6) is -3.89. The van der Waals surface area contributed by atoms with E-state index in [2.05, 4.69) is 0 Å². The van der Waals surface area contributed by atoms with Crippen LogP contribution in [-0.2, 0) is 9.59 Å². The van der Waals surface area contributed by atoms with Gasteiger partial charge in [0.15, 0.2) is 0 Å². The average molecular weight is 258 g/mol. The maximum atomic E-state index is 10.8. The summed E-state index contributed by atoms with van der Waals surface area (Å²) in [6, 6.07) is 0. The van der Waals surface area contributed by atoms with Gasteiger partial charge in [-0.05, 0) is 25.2 Å². The molecule has 0 saturated heterocycles. The number of carbonyl (C=O) groups is 2. The zero-order valence-corrected chi connectivity index (χ0v) is 14.9. The van der Waals surface area contributed by atoms with Crippen LogP contribution in [0.2, 0.25) is 0 Å². The third-order valence-corrected chi connectivity index (χ3v) is 3.26. The molecule has 6 heteroatoms. The molecule has 86 valence electrons. The van der Waals surface area contributed by atoms with Gasteiger partial charge in [0.05, 0.1) is 0 Å². The molecule has 0 aliphatic heterocycles. The normalized spacial score (nSPS) is 27.5. The SMILES string of the molecule is CCCC1CCC(C(=O)[O-])C(C(=O)[O-])C1.[Na+].[Na+]. The molecule has 1 aliphatic rings. The van der Waals surface area contributed by atoms with Gasteiger partial charge in [-0.15, -0.1) is 0 Å². The number of aliphatic carboxylic acids is 2. The summed E-state index contributed by atoms with van der Waals surface area (Å²) in [5.41, 5.74) is 0. The molecule has 0 N–H and O–H groups in total. The van der Waals surface area contributed by atoms with E-state index in [0.29, 0.717) is 18.8 Å². The number of hydrogen-bond acceptors (Lipinski definition) is 4. The van der Waals surface area contributed by atoms with Gasteiger partial charge < -0.3 is 19.8 Å². The van der Waals surface area contributed by atoms with E-state index < -0.39 is 23.8 Å². The van der Waals surface area contributed by atoms with Crippen molar-refractivity contribution in [1.29, 1.82) is 0 Å². The summed E-state index contributed by atoms with van der Waals surface area (Å²) < 4.78 is 0. The second-order valence-electron chi connectivity index (χ2n) is 4.32. The summed E-state index contributed by atoms with van der Waals surface area (Å²) in [7, 11) is 0. The molecule has 4 nitrogen and oxygen atoms in total. The summed E-state index contributed by atoms with van der Waals surface area (Å²) in [6.07, 6.45) is 3.58. The standard InChI is InChI=1S/C11H18O4.2Na/c1-2-3-7-4-5-8(10(12)13)9(6-7)11(14)15;;/h7-9H,2-6H2,1H3,(H,12,13)(H,14,15);;/q;2*+1/p-2. The van der Waals surface area contributed by atoms with E-state index in [4.69, 9.17) is 0 Å². The molecule has 0 aromatic rings. The van der Waals surface area contributed by atoms with Gasteiger partial charge >= 0.3 is 59.1 Å². The number of carbonyl (C=O) groups excluding carboxylic acids is 2. The monoisotopic (exact) mass is 258 g/mol. The van der Waals surface area contributed by atoms with Crippen molar-refractivity contribution in [3.8, 4) is 0 Å². The van der Waals surface area contributed by atoms with E-state index in [9.17, 15) is 19.8 Å². The molecule has 0 bridgehead atoms. The summed E-state index contributed by atoms with van der Waals surface area (Å²) >= 11 is 0. The minimum absolute atomic E-state index is 0. The van der Waals surface area contributed by atoms with Crippen LogP contribution in [0.1, 0.15) is 39.0 Å². The molecule has 3 atom stereocenters.